The molecular weight excluding hydrogens is 350 g/mol. The number of cyclic esters (lactones) is 1. The molecule has 0 amide bonds. The molecule has 0 spiro atoms. The first-order valence-corrected chi connectivity index (χ1v) is 9.45. The molecule has 1 unspecified atom stereocenters. The average Bonchev–Trinajstić information content (AvgIpc) is 3.05. The van der Waals surface area contributed by atoms with Crippen molar-refractivity contribution in [2.24, 2.45) is 0 Å². The van der Waals surface area contributed by atoms with Gasteiger partial charge in [-0.15, -0.1) is 11.8 Å². The van der Waals surface area contributed by atoms with Crippen molar-refractivity contribution >= 4 is 23.4 Å². The summed E-state index contributed by atoms with van der Waals surface area (Å²) >= 11 is 1.68. The molecule has 2 heterocycles. The summed E-state index contributed by atoms with van der Waals surface area (Å²) in [5.74, 6) is 0.873. The van der Waals surface area contributed by atoms with E-state index in [0.29, 0.717) is 17.1 Å². The highest BCUT2D eigenvalue weighted by Gasteiger charge is 2.38. The lowest BCUT2D eigenvalue weighted by Gasteiger charge is -2.28. The smallest absolute Gasteiger partial charge is 0.337 e. The summed E-state index contributed by atoms with van der Waals surface area (Å²) in [5, 5.41) is 3.38. The fourth-order valence-corrected chi connectivity index (χ4v) is 3.93. The minimum Gasteiger partial charge on any atom is -0.497 e. The van der Waals surface area contributed by atoms with Crippen molar-refractivity contribution in [1.29, 1.82) is 0 Å². The van der Waals surface area contributed by atoms with Crippen molar-refractivity contribution in [2.45, 2.75) is 10.8 Å². The van der Waals surface area contributed by atoms with Crippen LogP contribution in [-0.2, 0) is 9.53 Å². The fourth-order valence-electron chi connectivity index (χ4n) is 3.49. The Morgan fingerprint density at radius 3 is 2.50 bits per heavy atom. The van der Waals surface area contributed by atoms with Crippen LogP contribution in [0, 0.1) is 0 Å². The maximum absolute atomic E-state index is 12.4. The number of hydrogen-bond donors (Lipinski definition) is 1. The second-order valence-corrected chi connectivity index (χ2v) is 7.01. The third kappa shape index (κ3) is 2.70. The molecule has 0 radical (unpaired) electrons. The lowest BCUT2D eigenvalue weighted by Crippen LogP contribution is -2.20. The van der Waals surface area contributed by atoms with Gasteiger partial charge in [0.1, 0.15) is 18.1 Å². The van der Waals surface area contributed by atoms with E-state index in [1.165, 1.54) is 0 Å². The number of rotatable bonds is 4. The number of anilines is 1. The molecule has 134 valence electrons. The van der Waals surface area contributed by atoms with Crippen LogP contribution in [0.2, 0.25) is 0 Å². The Balaban J connectivity index is 1.92. The van der Waals surface area contributed by atoms with Gasteiger partial charge in [0.25, 0.3) is 0 Å². The quantitative estimate of drug-likeness (QED) is 0.654. The second-order valence-electron chi connectivity index (χ2n) is 6.13. The first kappa shape index (κ1) is 16.8. The number of esters is 1. The van der Waals surface area contributed by atoms with Gasteiger partial charge in [0.05, 0.1) is 25.5 Å². The Hall–Kier alpha value is -2.60. The number of methoxy groups -OCH3 is 2. The van der Waals surface area contributed by atoms with E-state index in [0.717, 1.165) is 27.4 Å². The van der Waals surface area contributed by atoms with E-state index >= 15 is 0 Å². The molecule has 2 aliphatic rings. The molecule has 0 saturated heterocycles. The number of thioether (sulfide) groups is 1. The normalized spacial score (nSPS) is 18.0. The predicted molar refractivity (Wildman–Crippen MR) is 101 cm³/mol. The molecule has 0 aliphatic carbocycles. The molecule has 0 bridgehead atoms. The summed E-state index contributed by atoms with van der Waals surface area (Å²) in [6.45, 7) is 0.273. The molecule has 4 rings (SSSR count). The van der Waals surface area contributed by atoms with E-state index in [1.807, 2.05) is 24.5 Å². The molecule has 2 aromatic carbocycles. The van der Waals surface area contributed by atoms with Crippen molar-refractivity contribution < 1.29 is 19.0 Å². The highest BCUT2D eigenvalue weighted by molar-refractivity contribution is 7.98. The van der Waals surface area contributed by atoms with Gasteiger partial charge in [-0.1, -0.05) is 6.07 Å². The van der Waals surface area contributed by atoms with E-state index in [1.54, 1.807) is 26.0 Å². The maximum atomic E-state index is 12.4. The average molecular weight is 369 g/mol. The van der Waals surface area contributed by atoms with Gasteiger partial charge in [-0.05, 0) is 41.6 Å². The van der Waals surface area contributed by atoms with Gasteiger partial charge in [-0.3, -0.25) is 0 Å². The minimum absolute atomic E-state index is 0.226. The molecule has 0 fully saturated rings. The first-order valence-electron chi connectivity index (χ1n) is 8.22. The molecule has 2 aromatic rings. The summed E-state index contributed by atoms with van der Waals surface area (Å²) in [4.78, 5) is 13.6. The Kier molecular flexibility index (Phi) is 4.28. The summed E-state index contributed by atoms with van der Waals surface area (Å²) in [5.41, 5.74) is 4.46. The molecule has 5 nitrogen and oxygen atoms in total. The van der Waals surface area contributed by atoms with Crippen LogP contribution in [0.4, 0.5) is 5.69 Å². The molecule has 2 aliphatic heterocycles. The van der Waals surface area contributed by atoms with Crippen LogP contribution < -0.4 is 14.8 Å². The highest BCUT2D eigenvalue weighted by Crippen LogP contribution is 2.46. The zero-order chi connectivity index (χ0) is 18.3. The highest BCUT2D eigenvalue weighted by atomic mass is 32.2. The number of benzene rings is 2. The Labute approximate surface area is 156 Å². The topological polar surface area (TPSA) is 56.8 Å². The van der Waals surface area contributed by atoms with Gasteiger partial charge >= 0.3 is 5.97 Å². The van der Waals surface area contributed by atoms with Crippen LogP contribution >= 0.6 is 11.8 Å². The van der Waals surface area contributed by atoms with E-state index < -0.39 is 0 Å². The summed E-state index contributed by atoms with van der Waals surface area (Å²) in [6, 6.07) is 12.0. The number of carbonyl (C=O) groups is 1. The van der Waals surface area contributed by atoms with Crippen LogP contribution in [0.3, 0.4) is 0 Å². The van der Waals surface area contributed by atoms with Gasteiger partial charge < -0.3 is 19.5 Å². The van der Waals surface area contributed by atoms with Crippen LogP contribution in [0.25, 0.3) is 0 Å². The monoisotopic (exact) mass is 369 g/mol. The summed E-state index contributed by atoms with van der Waals surface area (Å²) in [7, 11) is 3.24. The zero-order valence-electron chi connectivity index (χ0n) is 14.8. The van der Waals surface area contributed by atoms with Crippen LogP contribution in [0.5, 0.6) is 11.5 Å². The van der Waals surface area contributed by atoms with Crippen molar-refractivity contribution in [2.75, 3.05) is 32.4 Å². The van der Waals surface area contributed by atoms with E-state index in [9.17, 15) is 4.79 Å². The van der Waals surface area contributed by atoms with Gasteiger partial charge in [0.15, 0.2) is 0 Å². The van der Waals surface area contributed by atoms with Gasteiger partial charge in [-0.25, -0.2) is 4.79 Å². The molecule has 1 N–H and O–H groups in total. The number of nitrogens with one attached hydrogen (secondary N) is 1. The predicted octanol–water partition coefficient (Wildman–Crippen LogP) is 3.79. The standard InChI is InChI=1S/C20H19NO4S/c1-23-12-6-11(7-13(8-12)24-2)18-15-5-4-14(26-3)9-16(15)21-17-10-25-20(22)19(17)18/h4-9,18,21H,10H2,1-3H3. The fraction of sp³-hybridized carbons (Fsp3) is 0.250. The molecule has 1 atom stereocenters. The van der Waals surface area contributed by atoms with Crippen LogP contribution in [0.15, 0.2) is 52.6 Å². The largest absolute Gasteiger partial charge is 0.497 e. The number of carbonyl (C=O) groups excluding carboxylic acids is 1. The lowest BCUT2D eigenvalue weighted by atomic mass is 9.81. The van der Waals surface area contributed by atoms with Crippen molar-refractivity contribution in [1.82, 2.24) is 0 Å². The SMILES string of the molecule is COc1cc(OC)cc(C2C3=C(COC3=O)Nc3cc(SC)ccc32)c1. The molecular formula is C20H19NO4S. The number of hydrogen-bond acceptors (Lipinski definition) is 6. The van der Waals surface area contributed by atoms with Gasteiger partial charge in [0.2, 0.25) is 0 Å². The van der Waals surface area contributed by atoms with Gasteiger partial charge in [-0.2, -0.15) is 0 Å². The van der Waals surface area contributed by atoms with E-state index in [4.69, 9.17) is 14.2 Å². The van der Waals surface area contributed by atoms with Crippen molar-refractivity contribution in [3.05, 3.63) is 58.8 Å². The Morgan fingerprint density at radius 2 is 1.85 bits per heavy atom. The summed E-state index contributed by atoms with van der Waals surface area (Å²) in [6.07, 6.45) is 2.04. The zero-order valence-corrected chi connectivity index (χ0v) is 15.6. The first-order chi connectivity index (χ1) is 12.6. The molecule has 0 aromatic heterocycles. The second kappa shape index (κ2) is 6.61. The maximum Gasteiger partial charge on any atom is 0.337 e. The molecule has 6 heteroatoms. The number of ether oxygens (including phenoxy) is 3. The van der Waals surface area contributed by atoms with Crippen LogP contribution in [-0.4, -0.2) is 33.1 Å². The Morgan fingerprint density at radius 1 is 1.12 bits per heavy atom. The van der Waals surface area contributed by atoms with E-state index in [-0.39, 0.29) is 18.5 Å². The Bertz CT molecular complexity index is 900. The van der Waals surface area contributed by atoms with Gasteiger partial charge in [0, 0.05) is 22.6 Å². The molecule has 26 heavy (non-hydrogen) atoms. The van der Waals surface area contributed by atoms with E-state index in [2.05, 4.69) is 23.5 Å². The molecule has 0 saturated carbocycles. The van der Waals surface area contributed by atoms with Crippen molar-refractivity contribution in [3.63, 3.8) is 0 Å². The number of fused-ring (bicyclic) bond motifs is 1. The lowest BCUT2D eigenvalue weighted by molar-refractivity contribution is -0.136. The van der Waals surface area contributed by atoms with Crippen LogP contribution in [0.1, 0.15) is 17.0 Å². The minimum atomic E-state index is -0.279. The summed E-state index contributed by atoms with van der Waals surface area (Å²) < 4.78 is 16.1. The third-order valence-corrected chi connectivity index (χ3v) is 5.47. The third-order valence-electron chi connectivity index (χ3n) is 4.75. The van der Waals surface area contributed by atoms with Crippen molar-refractivity contribution in [3.8, 4) is 11.5 Å².